The van der Waals surface area contributed by atoms with E-state index >= 15 is 0 Å². The summed E-state index contributed by atoms with van der Waals surface area (Å²) < 4.78 is 0. The SMILES string of the molecule is N#CN[C@H]1CCC[C@H](C(=O)Nc2ncc(C3CCCCC3)s2)C1. The fourth-order valence-electron chi connectivity index (χ4n) is 3.78. The van der Waals surface area contributed by atoms with Crippen molar-refractivity contribution in [1.82, 2.24) is 10.3 Å². The van der Waals surface area contributed by atoms with Crippen LogP contribution in [-0.2, 0) is 4.79 Å². The zero-order valence-corrected chi connectivity index (χ0v) is 14.2. The highest BCUT2D eigenvalue weighted by molar-refractivity contribution is 7.15. The minimum atomic E-state index is -0.0170. The molecule has 2 atom stereocenters. The first kappa shape index (κ1) is 16.3. The van der Waals surface area contributed by atoms with Crippen molar-refractivity contribution in [2.24, 2.45) is 5.92 Å². The third-order valence-corrected chi connectivity index (χ3v) is 6.15. The normalized spacial score (nSPS) is 25.5. The summed E-state index contributed by atoms with van der Waals surface area (Å²) in [6.07, 6.45) is 14.0. The van der Waals surface area contributed by atoms with Crippen LogP contribution in [0.25, 0.3) is 0 Å². The van der Waals surface area contributed by atoms with Crippen LogP contribution in [0.4, 0.5) is 5.13 Å². The molecule has 0 radical (unpaired) electrons. The summed E-state index contributed by atoms with van der Waals surface area (Å²) in [5.74, 6) is 0.668. The van der Waals surface area contributed by atoms with Crippen LogP contribution in [0.5, 0.6) is 0 Å². The lowest BCUT2D eigenvalue weighted by atomic mass is 9.85. The molecule has 1 amide bonds. The molecule has 2 fully saturated rings. The van der Waals surface area contributed by atoms with E-state index in [-0.39, 0.29) is 17.9 Å². The molecule has 1 heterocycles. The van der Waals surface area contributed by atoms with Crippen molar-refractivity contribution in [2.75, 3.05) is 5.32 Å². The number of nitrogens with one attached hydrogen (secondary N) is 2. The molecular weight excluding hydrogens is 308 g/mol. The van der Waals surface area contributed by atoms with E-state index in [0.29, 0.717) is 5.92 Å². The lowest BCUT2D eigenvalue weighted by Crippen LogP contribution is -2.36. The van der Waals surface area contributed by atoms with Gasteiger partial charge in [0, 0.05) is 23.0 Å². The Bertz CT molecular complexity index is 573. The molecule has 0 saturated heterocycles. The van der Waals surface area contributed by atoms with E-state index in [9.17, 15) is 4.79 Å². The second-order valence-electron chi connectivity index (χ2n) is 6.71. The molecule has 124 valence electrons. The van der Waals surface area contributed by atoms with Gasteiger partial charge < -0.3 is 10.6 Å². The molecule has 23 heavy (non-hydrogen) atoms. The quantitative estimate of drug-likeness (QED) is 0.650. The minimum absolute atomic E-state index is 0.0170. The highest BCUT2D eigenvalue weighted by atomic mass is 32.1. The third kappa shape index (κ3) is 4.23. The Hall–Kier alpha value is -1.61. The van der Waals surface area contributed by atoms with Crippen molar-refractivity contribution in [3.8, 4) is 6.19 Å². The van der Waals surface area contributed by atoms with Gasteiger partial charge in [-0.1, -0.05) is 25.7 Å². The van der Waals surface area contributed by atoms with Gasteiger partial charge in [-0.25, -0.2) is 4.98 Å². The van der Waals surface area contributed by atoms with Gasteiger partial charge >= 0.3 is 0 Å². The number of hydrogen-bond donors (Lipinski definition) is 2. The second kappa shape index (κ2) is 7.78. The van der Waals surface area contributed by atoms with Crippen LogP contribution in [0, 0.1) is 17.4 Å². The number of carbonyl (C=O) groups is 1. The molecule has 2 saturated carbocycles. The second-order valence-corrected chi connectivity index (χ2v) is 7.77. The molecule has 2 aliphatic rings. The van der Waals surface area contributed by atoms with Crippen LogP contribution in [0.15, 0.2) is 6.20 Å². The van der Waals surface area contributed by atoms with Crippen LogP contribution in [0.2, 0.25) is 0 Å². The Balaban J connectivity index is 1.55. The van der Waals surface area contributed by atoms with Gasteiger partial charge in [0.25, 0.3) is 0 Å². The van der Waals surface area contributed by atoms with Gasteiger partial charge in [-0.05, 0) is 38.0 Å². The van der Waals surface area contributed by atoms with Gasteiger partial charge in [-0.15, -0.1) is 11.3 Å². The molecule has 1 aromatic heterocycles. The summed E-state index contributed by atoms with van der Waals surface area (Å²) in [6.45, 7) is 0. The van der Waals surface area contributed by atoms with E-state index in [1.165, 1.54) is 37.0 Å². The zero-order chi connectivity index (χ0) is 16.1. The van der Waals surface area contributed by atoms with E-state index < -0.39 is 0 Å². The van der Waals surface area contributed by atoms with Gasteiger partial charge in [0.2, 0.25) is 5.91 Å². The van der Waals surface area contributed by atoms with Gasteiger partial charge in [0.05, 0.1) is 0 Å². The Labute approximate surface area is 141 Å². The predicted molar refractivity (Wildman–Crippen MR) is 91.1 cm³/mol. The summed E-state index contributed by atoms with van der Waals surface area (Å²) in [6, 6.07) is 0.138. The molecule has 0 aromatic carbocycles. The lowest BCUT2D eigenvalue weighted by molar-refractivity contribution is -0.121. The molecule has 0 bridgehead atoms. The Morgan fingerprint density at radius 2 is 2.04 bits per heavy atom. The first-order valence-corrected chi connectivity index (χ1v) is 9.49. The Morgan fingerprint density at radius 1 is 1.22 bits per heavy atom. The molecule has 0 spiro atoms. The number of anilines is 1. The Morgan fingerprint density at radius 3 is 2.83 bits per heavy atom. The maximum atomic E-state index is 12.4. The maximum absolute atomic E-state index is 12.4. The van der Waals surface area contributed by atoms with E-state index in [0.717, 1.165) is 30.8 Å². The first-order chi connectivity index (χ1) is 11.3. The molecule has 6 heteroatoms. The zero-order valence-electron chi connectivity index (χ0n) is 13.4. The number of nitriles is 1. The largest absolute Gasteiger partial charge is 0.321 e. The van der Waals surface area contributed by atoms with Crippen LogP contribution >= 0.6 is 11.3 Å². The molecule has 0 unspecified atom stereocenters. The lowest BCUT2D eigenvalue weighted by Gasteiger charge is -2.27. The van der Waals surface area contributed by atoms with E-state index in [1.54, 1.807) is 11.3 Å². The molecular formula is C17H24N4OS. The number of amides is 1. The summed E-state index contributed by atoms with van der Waals surface area (Å²) in [5.41, 5.74) is 0. The topological polar surface area (TPSA) is 77.8 Å². The van der Waals surface area contributed by atoms with Crippen molar-refractivity contribution < 1.29 is 4.79 Å². The van der Waals surface area contributed by atoms with Gasteiger partial charge in [-0.2, -0.15) is 5.26 Å². The maximum Gasteiger partial charge on any atom is 0.229 e. The molecule has 2 N–H and O–H groups in total. The molecule has 3 rings (SSSR count). The highest BCUT2D eigenvalue weighted by Crippen LogP contribution is 2.37. The van der Waals surface area contributed by atoms with Gasteiger partial charge in [0.15, 0.2) is 11.3 Å². The van der Waals surface area contributed by atoms with E-state index in [1.807, 2.05) is 12.4 Å². The predicted octanol–water partition coefficient (Wildman–Crippen LogP) is 3.76. The fraction of sp³-hybridized carbons (Fsp3) is 0.706. The third-order valence-electron chi connectivity index (χ3n) is 5.07. The Kier molecular flexibility index (Phi) is 5.50. The van der Waals surface area contributed by atoms with Crippen molar-refractivity contribution in [3.63, 3.8) is 0 Å². The minimum Gasteiger partial charge on any atom is -0.321 e. The van der Waals surface area contributed by atoms with Crippen molar-refractivity contribution in [3.05, 3.63) is 11.1 Å². The average molecular weight is 332 g/mol. The number of hydrogen-bond acceptors (Lipinski definition) is 5. The van der Waals surface area contributed by atoms with Gasteiger partial charge in [-0.3, -0.25) is 4.79 Å². The van der Waals surface area contributed by atoms with E-state index in [4.69, 9.17) is 5.26 Å². The van der Waals surface area contributed by atoms with Crippen LogP contribution in [0.1, 0.15) is 68.6 Å². The number of carbonyl (C=O) groups excluding carboxylic acids is 1. The van der Waals surface area contributed by atoms with Crippen molar-refractivity contribution in [1.29, 1.82) is 5.26 Å². The molecule has 1 aromatic rings. The average Bonchev–Trinajstić information content (AvgIpc) is 3.05. The molecule has 0 aliphatic heterocycles. The van der Waals surface area contributed by atoms with Crippen LogP contribution in [0.3, 0.4) is 0 Å². The summed E-state index contributed by atoms with van der Waals surface area (Å²) in [4.78, 5) is 18.2. The summed E-state index contributed by atoms with van der Waals surface area (Å²) in [5, 5.41) is 15.2. The standard InChI is InChI=1S/C17H24N4OS/c18-11-20-14-8-4-7-13(9-14)16(22)21-17-19-10-15(23-17)12-5-2-1-3-6-12/h10,12-14,20H,1-9H2,(H,19,21,22)/t13-,14-/m0/s1. The monoisotopic (exact) mass is 332 g/mol. The number of rotatable bonds is 4. The molecule has 5 nitrogen and oxygen atoms in total. The molecule has 2 aliphatic carbocycles. The summed E-state index contributed by atoms with van der Waals surface area (Å²) in [7, 11) is 0. The van der Waals surface area contributed by atoms with Crippen LogP contribution < -0.4 is 10.6 Å². The fourth-order valence-corrected chi connectivity index (χ4v) is 4.77. The smallest absolute Gasteiger partial charge is 0.229 e. The first-order valence-electron chi connectivity index (χ1n) is 8.67. The highest BCUT2D eigenvalue weighted by Gasteiger charge is 2.28. The van der Waals surface area contributed by atoms with Gasteiger partial charge in [0.1, 0.15) is 0 Å². The van der Waals surface area contributed by atoms with Crippen molar-refractivity contribution in [2.45, 2.75) is 69.7 Å². The number of thiazole rings is 1. The summed E-state index contributed by atoms with van der Waals surface area (Å²) >= 11 is 1.63. The number of aromatic nitrogens is 1. The number of nitrogens with zero attached hydrogens (tertiary/aromatic N) is 2. The van der Waals surface area contributed by atoms with Crippen LogP contribution in [-0.4, -0.2) is 16.9 Å². The van der Waals surface area contributed by atoms with E-state index in [2.05, 4.69) is 15.6 Å². The van der Waals surface area contributed by atoms with Crippen molar-refractivity contribution >= 4 is 22.4 Å².